The molecule has 9 heteroatoms. The quantitative estimate of drug-likeness (QED) is 0.245. The predicted molar refractivity (Wildman–Crippen MR) is 81.3 cm³/mol. The Balaban J connectivity index is 2.75. The van der Waals surface area contributed by atoms with E-state index in [-0.39, 0.29) is 10.7 Å². The fraction of sp³-hybridized carbons (Fsp3) is 0.133. The Morgan fingerprint density at radius 1 is 0.708 bits per heavy atom. The summed E-state index contributed by atoms with van der Waals surface area (Å²) in [6.45, 7) is 0. The van der Waals surface area contributed by atoms with E-state index in [1.54, 1.807) is 0 Å². The first-order valence-electron chi connectivity index (χ1n) is 6.23. The van der Waals surface area contributed by atoms with Crippen LogP contribution in [0.3, 0.4) is 0 Å². The van der Waals surface area contributed by atoms with Crippen molar-refractivity contribution in [3.05, 3.63) is 69.3 Å². The highest BCUT2D eigenvalue weighted by atomic mass is 79.9. The number of carbonyl (C=O) groups excluding carboxylic acids is 1. The van der Waals surface area contributed by atoms with Crippen molar-refractivity contribution in [1.29, 1.82) is 0 Å². The second-order valence-electron chi connectivity index (χ2n) is 4.62. The Labute approximate surface area is 148 Å². The third-order valence-corrected chi connectivity index (χ3v) is 4.41. The molecule has 0 N–H and O–H groups in total. The van der Waals surface area contributed by atoms with E-state index in [4.69, 9.17) is 0 Å². The molecule has 0 aliphatic heterocycles. The van der Waals surface area contributed by atoms with E-state index >= 15 is 0 Å². The summed E-state index contributed by atoms with van der Waals surface area (Å²) in [7, 11) is 0. The van der Waals surface area contributed by atoms with Gasteiger partial charge in [-0.2, -0.15) is 0 Å². The van der Waals surface area contributed by atoms with Crippen LogP contribution in [0.25, 0.3) is 0 Å². The van der Waals surface area contributed by atoms with Crippen LogP contribution in [-0.2, 0) is 10.7 Å². The Hall–Kier alpha value is -1.35. The van der Waals surface area contributed by atoms with E-state index in [1.165, 1.54) is 0 Å². The van der Waals surface area contributed by atoms with E-state index in [2.05, 4.69) is 31.9 Å². The van der Waals surface area contributed by atoms with Gasteiger partial charge in [-0.3, -0.25) is 4.79 Å². The van der Waals surface area contributed by atoms with Crippen LogP contribution >= 0.6 is 31.9 Å². The molecule has 2 aromatic rings. The Kier molecular flexibility index (Phi) is 5.74. The smallest absolute Gasteiger partial charge is 0.194 e. The molecule has 0 aromatic heterocycles. The first kappa shape index (κ1) is 19.0. The maximum atomic E-state index is 13.8. The standard InChI is InChI=1S/C15H6Br2F6O/c16-3-7-5(1-9(18)13(22)11(7)20)15(24)6-2-10(19)14(23)12(21)8(6)4-17/h1-2H,3-4H2. The van der Waals surface area contributed by atoms with Gasteiger partial charge in [-0.05, 0) is 12.1 Å². The lowest BCUT2D eigenvalue weighted by Crippen LogP contribution is -2.14. The summed E-state index contributed by atoms with van der Waals surface area (Å²) in [5, 5.41) is -0.709. The van der Waals surface area contributed by atoms with Gasteiger partial charge in [0, 0.05) is 32.9 Å². The number of rotatable bonds is 4. The van der Waals surface area contributed by atoms with Gasteiger partial charge < -0.3 is 0 Å². The molecule has 0 aliphatic rings. The van der Waals surface area contributed by atoms with E-state index in [1.807, 2.05) is 0 Å². The highest BCUT2D eigenvalue weighted by molar-refractivity contribution is 9.08. The number of alkyl halides is 2. The molecule has 0 heterocycles. The summed E-state index contributed by atoms with van der Waals surface area (Å²) < 4.78 is 81.0. The topological polar surface area (TPSA) is 17.1 Å². The zero-order chi connectivity index (χ0) is 18.2. The zero-order valence-electron chi connectivity index (χ0n) is 11.5. The molecule has 2 aromatic carbocycles. The molecule has 24 heavy (non-hydrogen) atoms. The molecule has 128 valence electrons. The van der Waals surface area contributed by atoms with Crippen LogP contribution in [0.4, 0.5) is 26.3 Å². The van der Waals surface area contributed by atoms with Crippen LogP contribution in [0, 0.1) is 34.9 Å². The van der Waals surface area contributed by atoms with Gasteiger partial charge in [-0.25, -0.2) is 26.3 Å². The van der Waals surface area contributed by atoms with Gasteiger partial charge in [-0.1, -0.05) is 31.9 Å². The highest BCUT2D eigenvalue weighted by Gasteiger charge is 2.27. The lowest BCUT2D eigenvalue weighted by atomic mass is 9.95. The van der Waals surface area contributed by atoms with Gasteiger partial charge in [0.1, 0.15) is 0 Å². The van der Waals surface area contributed by atoms with Gasteiger partial charge in [0.25, 0.3) is 0 Å². The van der Waals surface area contributed by atoms with E-state index < -0.39 is 62.9 Å². The molecule has 0 aliphatic carbocycles. The molecule has 0 atom stereocenters. The zero-order valence-corrected chi connectivity index (χ0v) is 14.7. The average molecular weight is 476 g/mol. The SMILES string of the molecule is O=C(c1cc(F)c(F)c(F)c1CBr)c1cc(F)c(F)c(F)c1CBr. The molecule has 0 fully saturated rings. The lowest BCUT2D eigenvalue weighted by Gasteiger charge is -2.13. The third kappa shape index (κ3) is 3.11. The Morgan fingerprint density at radius 2 is 1.04 bits per heavy atom. The molecule has 0 bridgehead atoms. The summed E-state index contributed by atoms with van der Waals surface area (Å²) in [6.07, 6.45) is 0. The normalized spacial score (nSPS) is 11.0. The molecule has 0 saturated heterocycles. The van der Waals surface area contributed by atoms with Crippen molar-refractivity contribution in [2.75, 3.05) is 0 Å². The van der Waals surface area contributed by atoms with E-state index in [9.17, 15) is 31.1 Å². The maximum absolute atomic E-state index is 13.8. The minimum atomic E-state index is -1.78. The summed E-state index contributed by atoms with van der Waals surface area (Å²) in [5.74, 6) is -11.2. The van der Waals surface area contributed by atoms with E-state index in [0.717, 1.165) is 0 Å². The van der Waals surface area contributed by atoms with Crippen LogP contribution in [-0.4, -0.2) is 5.78 Å². The number of ketones is 1. The van der Waals surface area contributed by atoms with Crippen LogP contribution in [0.2, 0.25) is 0 Å². The molecule has 0 saturated carbocycles. The van der Waals surface area contributed by atoms with E-state index in [0.29, 0.717) is 12.1 Å². The maximum Gasteiger partial charge on any atom is 0.194 e. The molecule has 0 spiro atoms. The largest absolute Gasteiger partial charge is 0.289 e. The lowest BCUT2D eigenvalue weighted by molar-refractivity contribution is 0.103. The minimum Gasteiger partial charge on any atom is -0.289 e. The number of hydrogen-bond donors (Lipinski definition) is 0. The first-order valence-corrected chi connectivity index (χ1v) is 8.48. The van der Waals surface area contributed by atoms with Crippen LogP contribution in [0.15, 0.2) is 12.1 Å². The van der Waals surface area contributed by atoms with Crippen LogP contribution in [0.5, 0.6) is 0 Å². The van der Waals surface area contributed by atoms with Crippen molar-refractivity contribution in [2.24, 2.45) is 0 Å². The molecule has 0 unspecified atom stereocenters. The third-order valence-electron chi connectivity index (χ3n) is 3.28. The van der Waals surface area contributed by atoms with Crippen molar-refractivity contribution in [3.8, 4) is 0 Å². The van der Waals surface area contributed by atoms with Crippen LogP contribution < -0.4 is 0 Å². The molecule has 2 rings (SSSR count). The minimum absolute atomic E-state index is 0.354. The molecule has 0 amide bonds. The van der Waals surface area contributed by atoms with Crippen molar-refractivity contribution in [2.45, 2.75) is 10.7 Å². The number of carbonyl (C=O) groups is 1. The molecule has 0 radical (unpaired) electrons. The molecular formula is C15H6Br2F6O. The highest BCUT2D eigenvalue weighted by Crippen LogP contribution is 2.29. The monoisotopic (exact) mass is 474 g/mol. The van der Waals surface area contributed by atoms with Crippen molar-refractivity contribution in [1.82, 2.24) is 0 Å². The second-order valence-corrected chi connectivity index (χ2v) is 5.74. The number of benzene rings is 2. The summed E-state index contributed by atoms with van der Waals surface area (Å²) in [5.41, 5.74) is -2.30. The van der Waals surface area contributed by atoms with Gasteiger partial charge >= 0.3 is 0 Å². The molecule has 1 nitrogen and oxygen atoms in total. The summed E-state index contributed by atoms with van der Waals surface area (Å²) in [4.78, 5) is 12.5. The number of halogens is 8. The van der Waals surface area contributed by atoms with Crippen LogP contribution in [0.1, 0.15) is 27.0 Å². The molecular weight excluding hydrogens is 470 g/mol. The summed E-state index contributed by atoms with van der Waals surface area (Å²) >= 11 is 5.67. The average Bonchev–Trinajstić information content (AvgIpc) is 2.56. The van der Waals surface area contributed by atoms with Gasteiger partial charge in [0.05, 0.1) is 0 Å². The van der Waals surface area contributed by atoms with Gasteiger partial charge in [-0.15, -0.1) is 0 Å². The van der Waals surface area contributed by atoms with Crippen molar-refractivity contribution < 1.29 is 31.1 Å². The predicted octanol–water partition coefficient (Wildman–Crippen LogP) is 5.54. The van der Waals surface area contributed by atoms with Gasteiger partial charge in [0.15, 0.2) is 40.7 Å². The van der Waals surface area contributed by atoms with Gasteiger partial charge in [0.2, 0.25) is 0 Å². The first-order chi connectivity index (χ1) is 11.2. The van der Waals surface area contributed by atoms with Crippen molar-refractivity contribution in [3.63, 3.8) is 0 Å². The fourth-order valence-corrected chi connectivity index (χ4v) is 3.17. The Bertz CT molecular complexity index is 770. The number of hydrogen-bond acceptors (Lipinski definition) is 1. The fourth-order valence-electron chi connectivity index (χ4n) is 2.08. The summed E-state index contributed by atoms with van der Waals surface area (Å²) in [6, 6.07) is 0.850. The van der Waals surface area contributed by atoms with Crippen molar-refractivity contribution >= 4 is 37.6 Å². The second kappa shape index (κ2) is 7.26. The Morgan fingerprint density at radius 3 is 1.33 bits per heavy atom.